The quantitative estimate of drug-likeness (QED) is 0.817. The highest BCUT2D eigenvalue weighted by molar-refractivity contribution is 14.1. The average molecular weight is 357 g/mol. The van der Waals surface area contributed by atoms with Crippen molar-refractivity contribution in [2.24, 2.45) is 5.73 Å². The van der Waals surface area contributed by atoms with Crippen LogP contribution in [0.4, 0.5) is 0 Å². The number of thiophene rings is 1. The van der Waals surface area contributed by atoms with E-state index in [1.165, 1.54) is 18.9 Å². The average Bonchev–Trinajstić information content (AvgIpc) is 2.77. The van der Waals surface area contributed by atoms with E-state index in [2.05, 4.69) is 65.9 Å². The lowest BCUT2D eigenvalue weighted by Crippen LogP contribution is -2.12. The molecule has 0 aliphatic heterocycles. The fourth-order valence-electron chi connectivity index (χ4n) is 1.79. The Morgan fingerprint density at radius 2 is 2.00 bits per heavy atom. The Hall–Kier alpha value is -0.390. The molecule has 2 N–H and O–H groups in total. The number of benzene rings is 1. The first kappa shape index (κ1) is 13.1. The summed E-state index contributed by atoms with van der Waals surface area (Å²) in [5, 5.41) is 0. The van der Waals surface area contributed by atoms with Gasteiger partial charge in [0.05, 0.1) is 0 Å². The summed E-state index contributed by atoms with van der Waals surface area (Å²) in [5.74, 6) is 0. The Morgan fingerprint density at radius 1 is 1.24 bits per heavy atom. The molecular formula is C14H16INS. The van der Waals surface area contributed by atoms with E-state index in [9.17, 15) is 0 Å². The molecule has 0 amide bonds. The van der Waals surface area contributed by atoms with Crippen LogP contribution in [0.3, 0.4) is 0 Å². The lowest BCUT2D eigenvalue weighted by atomic mass is 10.0. The summed E-state index contributed by atoms with van der Waals surface area (Å²) in [5.41, 5.74) is 7.48. The Morgan fingerprint density at radius 3 is 2.65 bits per heavy atom. The number of hydrogen-bond donors (Lipinski definition) is 1. The molecule has 0 bridgehead atoms. The van der Waals surface area contributed by atoms with Gasteiger partial charge in [0.2, 0.25) is 0 Å². The van der Waals surface area contributed by atoms with Crippen LogP contribution < -0.4 is 5.73 Å². The monoisotopic (exact) mass is 357 g/mol. The van der Waals surface area contributed by atoms with Gasteiger partial charge in [0.15, 0.2) is 0 Å². The molecule has 0 saturated carbocycles. The van der Waals surface area contributed by atoms with Gasteiger partial charge in [-0.25, -0.2) is 0 Å². The van der Waals surface area contributed by atoms with Gasteiger partial charge in [-0.15, -0.1) is 11.3 Å². The van der Waals surface area contributed by atoms with E-state index in [1.54, 1.807) is 0 Å². The summed E-state index contributed by atoms with van der Waals surface area (Å²) < 4.78 is 1.25. The highest BCUT2D eigenvalue weighted by Crippen LogP contribution is 2.23. The maximum absolute atomic E-state index is 6.25. The topological polar surface area (TPSA) is 26.0 Å². The number of aryl methyl sites for hydroxylation is 1. The third-order valence-electron chi connectivity index (χ3n) is 2.76. The summed E-state index contributed by atoms with van der Waals surface area (Å²) in [6.45, 7) is 2.19. The molecule has 1 atom stereocenters. The van der Waals surface area contributed by atoms with Gasteiger partial charge in [0.25, 0.3) is 0 Å². The molecule has 1 unspecified atom stereocenters. The van der Waals surface area contributed by atoms with Crippen molar-refractivity contribution >= 4 is 33.9 Å². The summed E-state index contributed by atoms with van der Waals surface area (Å²) in [7, 11) is 0. The van der Waals surface area contributed by atoms with Crippen LogP contribution in [0.5, 0.6) is 0 Å². The van der Waals surface area contributed by atoms with E-state index in [0.29, 0.717) is 0 Å². The molecule has 1 heterocycles. The van der Waals surface area contributed by atoms with E-state index in [0.717, 1.165) is 12.8 Å². The van der Waals surface area contributed by atoms with E-state index >= 15 is 0 Å². The maximum Gasteiger partial charge on any atom is 0.0344 e. The molecule has 0 aliphatic rings. The van der Waals surface area contributed by atoms with Crippen molar-refractivity contribution in [2.45, 2.75) is 25.8 Å². The second-order valence-electron chi connectivity index (χ2n) is 4.09. The molecular weight excluding hydrogens is 341 g/mol. The summed E-state index contributed by atoms with van der Waals surface area (Å²) in [4.78, 5) is 2.82. The SMILES string of the molecule is CCc1ccc(CC(N)c2cccc(I)c2)s1. The molecule has 1 aromatic heterocycles. The fraction of sp³-hybridized carbons (Fsp3) is 0.286. The van der Waals surface area contributed by atoms with Crippen LogP contribution in [0.2, 0.25) is 0 Å². The van der Waals surface area contributed by atoms with Gasteiger partial charge in [-0.1, -0.05) is 19.1 Å². The molecule has 0 saturated heterocycles. The fourth-order valence-corrected chi connectivity index (χ4v) is 3.38. The van der Waals surface area contributed by atoms with Crippen molar-refractivity contribution in [2.75, 3.05) is 0 Å². The minimum Gasteiger partial charge on any atom is -0.324 e. The van der Waals surface area contributed by atoms with Gasteiger partial charge >= 0.3 is 0 Å². The highest BCUT2D eigenvalue weighted by atomic mass is 127. The predicted octanol–water partition coefficient (Wildman–Crippen LogP) is 4.16. The zero-order valence-corrected chi connectivity index (χ0v) is 12.8. The molecule has 0 fully saturated rings. The van der Waals surface area contributed by atoms with Gasteiger partial charge < -0.3 is 5.73 Å². The van der Waals surface area contributed by atoms with Gasteiger partial charge in [-0.2, -0.15) is 0 Å². The smallest absolute Gasteiger partial charge is 0.0344 e. The third kappa shape index (κ3) is 3.53. The third-order valence-corrected chi connectivity index (χ3v) is 4.69. The van der Waals surface area contributed by atoms with Crippen molar-refractivity contribution in [3.05, 3.63) is 55.3 Å². The summed E-state index contributed by atoms with van der Waals surface area (Å²) in [6, 6.07) is 13.0. The first-order valence-electron chi connectivity index (χ1n) is 5.77. The second-order valence-corrected chi connectivity index (χ2v) is 6.59. The van der Waals surface area contributed by atoms with Gasteiger partial charge in [-0.3, -0.25) is 0 Å². The molecule has 0 aliphatic carbocycles. The van der Waals surface area contributed by atoms with E-state index in [-0.39, 0.29) is 6.04 Å². The zero-order valence-electron chi connectivity index (χ0n) is 9.82. The van der Waals surface area contributed by atoms with Crippen LogP contribution in [-0.4, -0.2) is 0 Å². The molecule has 0 spiro atoms. The Labute approximate surface area is 120 Å². The largest absolute Gasteiger partial charge is 0.324 e. The van der Waals surface area contributed by atoms with Gasteiger partial charge in [-0.05, 0) is 58.8 Å². The minimum atomic E-state index is 0.105. The Bertz CT molecular complexity index is 492. The first-order valence-corrected chi connectivity index (χ1v) is 7.67. The maximum atomic E-state index is 6.25. The minimum absolute atomic E-state index is 0.105. The van der Waals surface area contributed by atoms with Gasteiger partial charge in [0.1, 0.15) is 0 Å². The molecule has 3 heteroatoms. The van der Waals surface area contributed by atoms with Crippen LogP contribution in [0, 0.1) is 3.57 Å². The molecule has 0 radical (unpaired) electrons. The van der Waals surface area contributed by atoms with Crippen molar-refractivity contribution in [1.29, 1.82) is 0 Å². The van der Waals surface area contributed by atoms with Crippen LogP contribution in [0.25, 0.3) is 0 Å². The predicted molar refractivity (Wildman–Crippen MR) is 83.5 cm³/mol. The van der Waals surface area contributed by atoms with Crippen molar-refractivity contribution < 1.29 is 0 Å². The number of halogens is 1. The Kier molecular flexibility index (Phi) is 4.59. The molecule has 90 valence electrons. The number of rotatable bonds is 4. The lowest BCUT2D eigenvalue weighted by molar-refractivity contribution is 0.729. The van der Waals surface area contributed by atoms with Crippen molar-refractivity contribution in [3.63, 3.8) is 0 Å². The molecule has 2 rings (SSSR count). The van der Waals surface area contributed by atoms with Gasteiger partial charge in [0, 0.05) is 25.8 Å². The first-order chi connectivity index (χ1) is 8.19. The van der Waals surface area contributed by atoms with Crippen molar-refractivity contribution in [1.82, 2.24) is 0 Å². The van der Waals surface area contributed by atoms with E-state index in [4.69, 9.17) is 5.73 Å². The molecule has 1 aromatic carbocycles. The normalized spacial score (nSPS) is 12.6. The molecule has 1 nitrogen and oxygen atoms in total. The Balaban J connectivity index is 2.08. The number of nitrogens with two attached hydrogens (primary N) is 1. The van der Waals surface area contributed by atoms with Crippen LogP contribution in [0.15, 0.2) is 36.4 Å². The number of hydrogen-bond acceptors (Lipinski definition) is 2. The van der Waals surface area contributed by atoms with Crippen molar-refractivity contribution in [3.8, 4) is 0 Å². The standard InChI is InChI=1S/C14H16INS/c1-2-12-6-7-13(17-12)9-14(16)10-4-3-5-11(15)8-10/h3-8,14H,2,9,16H2,1H3. The van der Waals surface area contributed by atoms with E-state index < -0.39 is 0 Å². The van der Waals surface area contributed by atoms with Crippen LogP contribution >= 0.6 is 33.9 Å². The highest BCUT2D eigenvalue weighted by Gasteiger charge is 2.09. The second kappa shape index (κ2) is 5.98. The molecule has 2 aromatic rings. The summed E-state index contributed by atoms with van der Waals surface area (Å²) in [6.07, 6.45) is 2.05. The van der Waals surface area contributed by atoms with Crippen LogP contribution in [0.1, 0.15) is 28.3 Å². The zero-order chi connectivity index (χ0) is 12.3. The lowest BCUT2D eigenvalue weighted by Gasteiger charge is -2.11. The summed E-state index contributed by atoms with van der Waals surface area (Å²) >= 11 is 4.21. The van der Waals surface area contributed by atoms with E-state index in [1.807, 2.05) is 11.3 Å². The molecule has 17 heavy (non-hydrogen) atoms. The van der Waals surface area contributed by atoms with Crippen LogP contribution in [-0.2, 0) is 12.8 Å².